The van der Waals surface area contributed by atoms with Crippen molar-refractivity contribution < 1.29 is 4.92 Å². The first-order chi connectivity index (χ1) is 9.11. The second kappa shape index (κ2) is 5.82. The van der Waals surface area contributed by atoms with Crippen LogP contribution in [0, 0.1) is 10.1 Å². The predicted molar refractivity (Wildman–Crippen MR) is 76.3 cm³/mol. The molecule has 5 heteroatoms. The van der Waals surface area contributed by atoms with Gasteiger partial charge < -0.3 is 5.32 Å². The van der Waals surface area contributed by atoms with Gasteiger partial charge in [-0.05, 0) is 29.8 Å². The van der Waals surface area contributed by atoms with Crippen molar-refractivity contribution in [1.82, 2.24) is 5.32 Å². The molecule has 0 aliphatic heterocycles. The Morgan fingerprint density at radius 3 is 2.58 bits per heavy atom. The van der Waals surface area contributed by atoms with E-state index in [2.05, 4.69) is 5.32 Å². The Labute approximate surface area is 116 Å². The number of halogens is 1. The van der Waals surface area contributed by atoms with E-state index in [0.29, 0.717) is 11.6 Å². The predicted octanol–water partition coefficient (Wildman–Crippen LogP) is 3.63. The second-order valence-electron chi connectivity index (χ2n) is 4.14. The third-order valence-electron chi connectivity index (χ3n) is 2.81. The standard InChI is InChI=1S/C14H13ClN2O2/c1-16-9-12-6-5-11(8-14(12)15)10-3-2-4-13(7-10)17(18)19/h2-8,16H,9H2,1H3. The SMILES string of the molecule is CNCc1ccc(-c2cccc([N+](=O)[O-])c2)cc1Cl. The molecule has 0 bridgehead atoms. The first kappa shape index (κ1) is 13.5. The Morgan fingerprint density at radius 1 is 1.21 bits per heavy atom. The zero-order chi connectivity index (χ0) is 13.8. The van der Waals surface area contributed by atoms with E-state index in [9.17, 15) is 10.1 Å². The van der Waals surface area contributed by atoms with Crippen LogP contribution in [0.4, 0.5) is 5.69 Å². The zero-order valence-electron chi connectivity index (χ0n) is 10.4. The van der Waals surface area contributed by atoms with Crippen LogP contribution in [0.2, 0.25) is 5.02 Å². The highest BCUT2D eigenvalue weighted by Gasteiger charge is 2.08. The summed E-state index contributed by atoms with van der Waals surface area (Å²) in [7, 11) is 1.85. The first-order valence-corrected chi connectivity index (χ1v) is 6.17. The van der Waals surface area contributed by atoms with Crippen molar-refractivity contribution in [3.63, 3.8) is 0 Å². The highest BCUT2D eigenvalue weighted by Crippen LogP contribution is 2.28. The largest absolute Gasteiger partial charge is 0.316 e. The van der Waals surface area contributed by atoms with E-state index in [1.165, 1.54) is 6.07 Å². The molecule has 0 saturated carbocycles. The molecule has 19 heavy (non-hydrogen) atoms. The van der Waals surface area contributed by atoms with Crippen LogP contribution in [-0.2, 0) is 6.54 Å². The molecule has 1 N–H and O–H groups in total. The number of hydrogen-bond donors (Lipinski definition) is 1. The van der Waals surface area contributed by atoms with Crippen LogP contribution in [-0.4, -0.2) is 12.0 Å². The minimum atomic E-state index is -0.402. The lowest BCUT2D eigenvalue weighted by Gasteiger charge is -2.07. The average Bonchev–Trinajstić information content (AvgIpc) is 2.41. The summed E-state index contributed by atoms with van der Waals surface area (Å²) in [5.74, 6) is 0. The summed E-state index contributed by atoms with van der Waals surface area (Å²) in [6, 6.07) is 12.2. The molecule has 0 atom stereocenters. The summed E-state index contributed by atoms with van der Waals surface area (Å²) < 4.78 is 0. The third-order valence-corrected chi connectivity index (χ3v) is 3.16. The van der Waals surface area contributed by atoms with Gasteiger partial charge in [-0.1, -0.05) is 35.9 Å². The maximum Gasteiger partial charge on any atom is 0.270 e. The molecule has 0 aromatic heterocycles. The molecule has 2 aromatic carbocycles. The van der Waals surface area contributed by atoms with Crippen molar-refractivity contribution in [3.05, 3.63) is 63.2 Å². The highest BCUT2D eigenvalue weighted by molar-refractivity contribution is 6.31. The molecule has 0 unspecified atom stereocenters. The van der Waals surface area contributed by atoms with Gasteiger partial charge in [0.25, 0.3) is 5.69 Å². The van der Waals surface area contributed by atoms with E-state index in [-0.39, 0.29) is 5.69 Å². The van der Waals surface area contributed by atoms with Gasteiger partial charge in [0.1, 0.15) is 0 Å². The summed E-state index contributed by atoms with van der Waals surface area (Å²) in [6.45, 7) is 0.689. The Morgan fingerprint density at radius 2 is 1.95 bits per heavy atom. The highest BCUT2D eigenvalue weighted by atomic mass is 35.5. The maximum atomic E-state index is 10.8. The van der Waals surface area contributed by atoms with E-state index in [4.69, 9.17) is 11.6 Å². The number of rotatable bonds is 4. The number of hydrogen-bond acceptors (Lipinski definition) is 3. The minimum Gasteiger partial charge on any atom is -0.316 e. The lowest BCUT2D eigenvalue weighted by molar-refractivity contribution is -0.384. The molecule has 0 fully saturated rings. The van der Waals surface area contributed by atoms with Crippen molar-refractivity contribution in [2.24, 2.45) is 0 Å². The number of nitro benzene ring substituents is 1. The van der Waals surface area contributed by atoms with E-state index in [1.54, 1.807) is 12.1 Å². The Balaban J connectivity index is 2.39. The van der Waals surface area contributed by atoms with Gasteiger partial charge in [0.15, 0.2) is 0 Å². The molecule has 0 aliphatic carbocycles. The quantitative estimate of drug-likeness (QED) is 0.685. The second-order valence-corrected chi connectivity index (χ2v) is 4.55. The topological polar surface area (TPSA) is 55.2 Å². The van der Waals surface area contributed by atoms with Crippen molar-refractivity contribution >= 4 is 17.3 Å². The average molecular weight is 277 g/mol. The molecule has 98 valence electrons. The van der Waals surface area contributed by atoms with Crippen LogP contribution in [0.3, 0.4) is 0 Å². The molecule has 4 nitrogen and oxygen atoms in total. The third kappa shape index (κ3) is 3.10. The summed E-state index contributed by atoms with van der Waals surface area (Å²) >= 11 is 6.19. The van der Waals surface area contributed by atoms with Crippen LogP contribution < -0.4 is 5.32 Å². The van der Waals surface area contributed by atoms with Gasteiger partial charge in [0, 0.05) is 23.7 Å². The Kier molecular flexibility index (Phi) is 4.14. The molecule has 0 amide bonds. The molecule has 0 aliphatic rings. The normalized spacial score (nSPS) is 10.4. The summed E-state index contributed by atoms with van der Waals surface area (Å²) in [4.78, 5) is 10.4. The van der Waals surface area contributed by atoms with Crippen LogP contribution >= 0.6 is 11.6 Å². The van der Waals surface area contributed by atoms with Crippen LogP contribution in [0.25, 0.3) is 11.1 Å². The van der Waals surface area contributed by atoms with Crippen LogP contribution in [0.15, 0.2) is 42.5 Å². The first-order valence-electron chi connectivity index (χ1n) is 5.79. The summed E-state index contributed by atoms with van der Waals surface area (Å²) in [5, 5.41) is 14.4. The monoisotopic (exact) mass is 276 g/mol. The van der Waals surface area contributed by atoms with Crippen molar-refractivity contribution in [2.45, 2.75) is 6.54 Å². The van der Waals surface area contributed by atoms with E-state index in [0.717, 1.165) is 16.7 Å². The smallest absolute Gasteiger partial charge is 0.270 e. The Hall–Kier alpha value is -1.91. The number of nitrogens with zero attached hydrogens (tertiary/aromatic N) is 1. The lowest BCUT2D eigenvalue weighted by Crippen LogP contribution is -2.05. The van der Waals surface area contributed by atoms with Gasteiger partial charge in [-0.3, -0.25) is 10.1 Å². The van der Waals surface area contributed by atoms with Crippen molar-refractivity contribution in [2.75, 3.05) is 7.05 Å². The van der Waals surface area contributed by atoms with Gasteiger partial charge in [-0.15, -0.1) is 0 Å². The minimum absolute atomic E-state index is 0.0768. The van der Waals surface area contributed by atoms with Gasteiger partial charge in [0.2, 0.25) is 0 Å². The number of nitrogens with one attached hydrogen (secondary N) is 1. The zero-order valence-corrected chi connectivity index (χ0v) is 11.1. The Bertz CT molecular complexity index is 614. The molecule has 2 rings (SSSR count). The van der Waals surface area contributed by atoms with E-state index >= 15 is 0 Å². The van der Waals surface area contributed by atoms with Crippen molar-refractivity contribution in [3.8, 4) is 11.1 Å². The fraction of sp³-hybridized carbons (Fsp3) is 0.143. The summed E-state index contributed by atoms with van der Waals surface area (Å²) in [5.41, 5.74) is 2.73. The fourth-order valence-electron chi connectivity index (χ4n) is 1.86. The molecular formula is C14H13ClN2O2. The maximum absolute atomic E-state index is 10.8. The van der Waals surface area contributed by atoms with Gasteiger partial charge >= 0.3 is 0 Å². The van der Waals surface area contributed by atoms with Crippen LogP contribution in [0.5, 0.6) is 0 Å². The molecular weight excluding hydrogens is 264 g/mol. The van der Waals surface area contributed by atoms with Gasteiger partial charge in [0.05, 0.1) is 4.92 Å². The van der Waals surface area contributed by atoms with Crippen molar-refractivity contribution in [1.29, 1.82) is 0 Å². The number of non-ortho nitro benzene ring substituents is 1. The van der Waals surface area contributed by atoms with E-state index < -0.39 is 4.92 Å². The lowest BCUT2D eigenvalue weighted by atomic mass is 10.0. The fourth-order valence-corrected chi connectivity index (χ4v) is 2.11. The molecule has 0 radical (unpaired) electrons. The number of nitro groups is 1. The molecule has 0 heterocycles. The summed E-state index contributed by atoms with van der Waals surface area (Å²) in [6.07, 6.45) is 0. The molecule has 2 aromatic rings. The van der Waals surface area contributed by atoms with Gasteiger partial charge in [-0.2, -0.15) is 0 Å². The molecule has 0 saturated heterocycles. The van der Waals surface area contributed by atoms with E-state index in [1.807, 2.05) is 31.3 Å². The van der Waals surface area contributed by atoms with Gasteiger partial charge in [-0.25, -0.2) is 0 Å². The molecule has 0 spiro atoms. The van der Waals surface area contributed by atoms with Crippen LogP contribution in [0.1, 0.15) is 5.56 Å². The number of benzene rings is 2.